The maximum Gasteiger partial charge on any atom is 0.274 e. The molecular weight excluding hydrogens is 154 g/mol. The maximum absolute atomic E-state index is 11.5. The lowest BCUT2D eigenvalue weighted by Crippen LogP contribution is -2.30. The third-order valence-electron chi connectivity index (χ3n) is 1.72. The zero-order valence-corrected chi connectivity index (χ0v) is 7.29. The summed E-state index contributed by atoms with van der Waals surface area (Å²) in [5.41, 5.74) is 0.429. The predicted octanol–water partition coefficient (Wildman–Crippen LogP) is 0.692. The van der Waals surface area contributed by atoms with Crippen LogP contribution in [0.15, 0.2) is 6.20 Å². The number of amides is 1. The van der Waals surface area contributed by atoms with E-state index in [2.05, 4.69) is 16.3 Å². The molecule has 1 N–H and O–H groups in total. The summed E-state index contributed by atoms with van der Waals surface area (Å²) in [4.78, 5) is 19.6. The summed E-state index contributed by atoms with van der Waals surface area (Å²) >= 11 is 0. The molecule has 1 radical (unpaired) electrons. The van der Waals surface area contributed by atoms with Gasteiger partial charge in [-0.2, -0.15) is 0 Å². The first-order valence-corrected chi connectivity index (χ1v) is 4.00. The van der Waals surface area contributed by atoms with Gasteiger partial charge in [0.25, 0.3) is 5.91 Å². The van der Waals surface area contributed by atoms with Crippen molar-refractivity contribution in [3.63, 3.8) is 0 Å². The molecule has 1 amide bonds. The second-order valence-corrected chi connectivity index (χ2v) is 2.37. The summed E-state index contributed by atoms with van der Waals surface area (Å²) in [5.74, 6) is -0.0440. The molecule has 0 atom stereocenters. The Bertz CT molecular complexity index is 239. The molecule has 0 bridgehead atoms. The van der Waals surface area contributed by atoms with E-state index in [4.69, 9.17) is 0 Å². The van der Waals surface area contributed by atoms with E-state index >= 15 is 0 Å². The summed E-state index contributed by atoms with van der Waals surface area (Å²) in [6.07, 6.45) is 4.05. The predicted molar refractivity (Wildman–Crippen MR) is 44.7 cm³/mol. The molecule has 0 saturated heterocycles. The van der Waals surface area contributed by atoms with Gasteiger partial charge in [0.1, 0.15) is 5.69 Å². The van der Waals surface area contributed by atoms with Crippen LogP contribution in [0.4, 0.5) is 0 Å². The molecule has 0 aliphatic carbocycles. The normalized spacial score (nSPS) is 9.83. The van der Waals surface area contributed by atoms with Gasteiger partial charge in [0.15, 0.2) is 6.33 Å². The Morgan fingerprint density at radius 3 is 2.75 bits per heavy atom. The number of carbonyl (C=O) groups is 1. The van der Waals surface area contributed by atoms with Crippen LogP contribution in [0, 0.1) is 6.33 Å². The number of aromatic nitrogens is 2. The van der Waals surface area contributed by atoms with Crippen LogP contribution in [0.5, 0.6) is 0 Å². The first-order valence-electron chi connectivity index (χ1n) is 4.00. The van der Waals surface area contributed by atoms with Gasteiger partial charge in [-0.05, 0) is 13.8 Å². The fourth-order valence-electron chi connectivity index (χ4n) is 1.01. The van der Waals surface area contributed by atoms with E-state index in [9.17, 15) is 4.79 Å². The van der Waals surface area contributed by atoms with E-state index in [0.717, 1.165) is 0 Å². The number of nitrogens with one attached hydrogen (secondary N) is 1. The number of H-pyrrole nitrogens is 1. The van der Waals surface area contributed by atoms with Gasteiger partial charge in [-0.1, -0.05) is 0 Å². The smallest absolute Gasteiger partial charge is 0.274 e. The molecular formula is C8H12N3O. The number of imidazole rings is 1. The van der Waals surface area contributed by atoms with Crippen LogP contribution >= 0.6 is 0 Å². The van der Waals surface area contributed by atoms with Gasteiger partial charge < -0.3 is 9.88 Å². The molecule has 0 fully saturated rings. The van der Waals surface area contributed by atoms with E-state index in [1.54, 1.807) is 11.1 Å². The molecule has 1 aromatic heterocycles. The lowest BCUT2D eigenvalue weighted by molar-refractivity contribution is 0.0767. The lowest BCUT2D eigenvalue weighted by atomic mass is 10.4. The van der Waals surface area contributed by atoms with Crippen molar-refractivity contribution in [2.24, 2.45) is 0 Å². The van der Waals surface area contributed by atoms with E-state index < -0.39 is 0 Å². The molecule has 12 heavy (non-hydrogen) atoms. The second kappa shape index (κ2) is 3.90. The molecule has 4 heteroatoms. The molecule has 1 aromatic rings. The van der Waals surface area contributed by atoms with Crippen LogP contribution in [0.2, 0.25) is 0 Å². The SMILES string of the molecule is CCN(CC)C(=O)c1c[nH][c]n1. The largest absolute Gasteiger partial charge is 0.341 e. The average Bonchev–Trinajstić information content (AvgIpc) is 2.58. The van der Waals surface area contributed by atoms with Gasteiger partial charge >= 0.3 is 0 Å². The van der Waals surface area contributed by atoms with Crippen molar-refractivity contribution in [3.05, 3.63) is 18.2 Å². The van der Waals surface area contributed by atoms with Crippen molar-refractivity contribution >= 4 is 5.91 Å². The van der Waals surface area contributed by atoms with Gasteiger partial charge in [-0.15, -0.1) is 0 Å². The minimum atomic E-state index is -0.0440. The van der Waals surface area contributed by atoms with E-state index in [1.165, 1.54) is 0 Å². The van der Waals surface area contributed by atoms with Crippen LogP contribution in [0.3, 0.4) is 0 Å². The Morgan fingerprint density at radius 1 is 1.67 bits per heavy atom. The summed E-state index contributed by atoms with van der Waals surface area (Å²) in [6.45, 7) is 5.31. The standard InChI is InChI=1S/C8H12N3O/c1-3-11(4-2)8(12)7-5-9-6-10-7/h5H,3-4H2,1-2H3,(H,9,10). The number of hydrogen-bond donors (Lipinski definition) is 1. The average molecular weight is 166 g/mol. The highest BCUT2D eigenvalue weighted by Gasteiger charge is 2.13. The molecule has 0 aliphatic heterocycles. The molecule has 0 aromatic carbocycles. The molecule has 0 saturated carbocycles. The molecule has 65 valence electrons. The van der Waals surface area contributed by atoms with Crippen molar-refractivity contribution in [1.29, 1.82) is 0 Å². The fraction of sp³-hybridized carbons (Fsp3) is 0.500. The topological polar surface area (TPSA) is 49.0 Å². The van der Waals surface area contributed by atoms with Crippen LogP contribution in [0.25, 0.3) is 0 Å². The second-order valence-electron chi connectivity index (χ2n) is 2.37. The van der Waals surface area contributed by atoms with Gasteiger partial charge in [0, 0.05) is 19.3 Å². The van der Waals surface area contributed by atoms with Gasteiger partial charge in [-0.25, -0.2) is 4.98 Å². The number of rotatable bonds is 3. The number of carbonyl (C=O) groups excluding carboxylic acids is 1. The lowest BCUT2D eigenvalue weighted by Gasteiger charge is -2.16. The van der Waals surface area contributed by atoms with E-state index in [1.807, 2.05) is 13.8 Å². The fourth-order valence-corrected chi connectivity index (χ4v) is 1.01. The zero-order valence-electron chi connectivity index (χ0n) is 7.29. The van der Waals surface area contributed by atoms with Gasteiger partial charge in [-0.3, -0.25) is 4.79 Å². The molecule has 1 rings (SSSR count). The molecule has 0 spiro atoms. The van der Waals surface area contributed by atoms with Crippen molar-refractivity contribution in [3.8, 4) is 0 Å². The molecule has 4 nitrogen and oxygen atoms in total. The Hall–Kier alpha value is -1.32. The van der Waals surface area contributed by atoms with Gasteiger partial charge in [0.05, 0.1) is 0 Å². The maximum atomic E-state index is 11.5. The van der Waals surface area contributed by atoms with Crippen LogP contribution in [0.1, 0.15) is 24.3 Å². The molecule has 0 aliphatic rings. The van der Waals surface area contributed by atoms with E-state index in [0.29, 0.717) is 18.8 Å². The van der Waals surface area contributed by atoms with Crippen molar-refractivity contribution < 1.29 is 4.79 Å². The van der Waals surface area contributed by atoms with Crippen molar-refractivity contribution in [2.45, 2.75) is 13.8 Å². The third-order valence-corrected chi connectivity index (χ3v) is 1.72. The quantitative estimate of drug-likeness (QED) is 0.718. The highest BCUT2D eigenvalue weighted by molar-refractivity contribution is 5.91. The van der Waals surface area contributed by atoms with Crippen LogP contribution in [-0.2, 0) is 0 Å². The molecule has 0 unspecified atom stereocenters. The summed E-state index contributed by atoms with van der Waals surface area (Å²) in [7, 11) is 0. The highest BCUT2D eigenvalue weighted by Crippen LogP contribution is 1.98. The Kier molecular flexibility index (Phi) is 2.85. The first kappa shape index (κ1) is 8.77. The number of nitrogens with zero attached hydrogens (tertiary/aromatic N) is 2. The van der Waals surface area contributed by atoms with Crippen molar-refractivity contribution in [1.82, 2.24) is 14.9 Å². The Morgan fingerprint density at radius 2 is 2.33 bits per heavy atom. The monoisotopic (exact) mass is 166 g/mol. The zero-order chi connectivity index (χ0) is 8.97. The minimum Gasteiger partial charge on any atom is -0.341 e. The number of aromatic amines is 1. The molecule has 1 heterocycles. The highest BCUT2D eigenvalue weighted by atomic mass is 16.2. The Balaban J connectivity index is 2.70. The minimum absolute atomic E-state index is 0.0440. The number of hydrogen-bond acceptors (Lipinski definition) is 2. The third kappa shape index (κ3) is 1.64. The van der Waals surface area contributed by atoms with Crippen LogP contribution < -0.4 is 0 Å². The van der Waals surface area contributed by atoms with Gasteiger partial charge in [0.2, 0.25) is 0 Å². The summed E-state index contributed by atoms with van der Waals surface area (Å²) in [5, 5.41) is 0. The van der Waals surface area contributed by atoms with Crippen molar-refractivity contribution in [2.75, 3.05) is 13.1 Å². The summed E-state index contributed by atoms with van der Waals surface area (Å²) in [6, 6.07) is 0. The first-order chi connectivity index (χ1) is 5.79. The Labute approximate surface area is 71.6 Å². The van der Waals surface area contributed by atoms with Crippen LogP contribution in [-0.4, -0.2) is 33.9 Å². The van der Waals surface area contributed by atoms with E-state index in [-0.39, 0.29) is 5.91 Å². The summed E-state index contributed by atoms with van der Waals surface area (Å²) < 4.78 is 0.